The first-order valence-corrected chi connectivity index (χ1v) is 15.5. The predicted octanol–water partition coefficient (Wildman–Crippen LogP) is 4.50. The minimum Gasteiger partial charge on any atom is -0.380 e. The molecule has 0 unspecified atom stereocenters. The third-order valence-electron chi connectivity index (χ3n) is 6.57. The van der Waals surface area contributed by atoms with Crippen molar-refractivity contribution in [3.63, 3.8) is 0 Å². The summed E-state index contributed by atoms with van der Waals surface area (Å²) in [6.07, 6.45) is 7.88. The number of hydrogen-bond donors (Lipinski definition) is 3. The zero-order valence-corrected chi connectivity index (χ0v) is 24.7. The van der Waals surface area contributed by atoms with Crippen molar-refractivity contribution in [1.29, 1.82) is 0 Å². The van der Waals surface area contributed by atoms with E-state index in [9.17, 15) is 25.9 Å². The minimum atomic E-state index is -4.65. The number of benzene rings is 3. The second kappa shape index (κ2) is 11.8. The Bertz CT molecular complexity index is 1800. The molecule has 0 spiro atoms. The molecule has 0 atom stereocenters. The van der Waals surface area contributed by atoms with Crippen molar-refractivity contribution in [2.45, 2.75) is 16.3 Å². The average Bonchev–Trinajstić information content (AvgIpc) is 2.92. The highest BCUT2D eigenvalue weighted by atomic mass is 32.2. The lowest BCUT2D eigenvalue weighted by molar-refractivity contribution is -0.462. The lowest BCUT2D eigenvalue weighted by atomic mass is 9.90. The average molecular weight is 595 g/mol. The van der Waals surface area contributed by atoms with E-state index in [4.69, 9.17) is 0 Å². The first-order valence-electron chi connectivity index (χ1n) is 12.6. The van der Waals surface area contributed by atoms with Gasteiger partial charge in [0.2, 0.25) is 0 Å². The third kappa shape index (κ3) is 7.19. The largest absolute Gasteiger partial charge is 0.380 e. The quantitative estimate of drug-likeness (QED) is 0.257. The van der Waals surface area contributed by atoms with E-state index in [1.165, 1.54) is 24.3 Å². The van der Waals surface area contributed by atoms with Crippen molar-refractivity contribution in [1.82, 2.24) is 0 Å². The summed E-state index contributed by atoms with van der Waals surface area (Å²) in [6.45, 7) is 0.0415. The molecule has 3 N–H and O–H groups in total. The Hall–Kier alpha value is -4.03. The second-order valence-corrected chi connectivity index (χ2v) is 12.7. The zero-order chi connectivity index (χ0) is 29.9. The van der Waals surface area contributed by atoms with Crippen LogP contribution in [0, 0.1) is 0 Å². The molecule has 214 valence electrons. The van der Waals surface area contributed by atoms with Gasteiger partial charge in [-0.15, -0.1) is 0 Å². The molecule has 1 aliphatic rings. The molecule has 3 aromatic rings. The Morgan fingerprint density at radius 3 is 2.00 bits per heavy atom. The molecular weight excluding hydrogens is 562 g/mol. The highest BCUT2D eigenvalue weighted by Crippen LogP contribution is 2.34. The van der Waals surface area contributed by atoms with E-state index in [0.717, 1.165) is 28.1 Å². The number of rotatable bonds is 8. The molecule has 0 heterocycles. The first-order chi connectivity index (χ1) is 19.2. The molecule has 0 amide bonds. The van der Waals surface area contributed by atoms with E-state index >= 15 is 0 Å². The molecule has 0 saturated heterocycles. The van der Waals surface area contributed by atoms with Gasteiger partial charge in [0.1, 0.15) is 19.0 Å². The van der Waals surface area contributed by atoms with Crippen LogP contribution in [0.2, 0.25) is 0 Å². The third-order valence-corrected chi connectivity index (χ3v) is 8.32. The molecule has 0 fully saturated rings. The fraction of sp³-hybridized carbons (Fsp3) is 0.167. The van der Waals surface area contributed by atoms with Crippen LogP contribution < -0.4 is 10.2 Å². The molecule has 1 aliphatic carbocycles. The molecular formula is C30H32N3O6S2+. The Balaban J connectivity index is 1.80. The molecule has 9 nitrogen and oxygen atoms in total. The van der Waals surface area contributed by atoms with Gasteiger partial charge in [0.05, 0.1) is 10.6 Å². The van der Waals surface area contributed by atoms with Crippen LogP contribution in [-0.2, 0) is 26.8 Å². The van der Waals surface area contributed by atoms with Crippen LogP contribution in [0.3, 0.4) is 0 Å². The summed E-state index contributed by atoms with van der Waals surface area (Å²) in [5.74, 6) is 0. The van der Waals surface area contributed by atoms with Crippen molar-refractivity contribution >= 4 is 42.9 Å². The van der Waals surface area contributed by atoms with Crippen LogP contribution in [0.25, 0.3) is 5.57 Å². The highest BCUT2D eigenvalue weighted by Gasteiger charge is 2.20. The summed E-state index contributed by atoms with van der Waals surface area (Å²) < 4.78 is 69.5. The van der Waals surface area contributed by atoms with E-state index in [1.54, 1.807) is 18.2 Å². The summed E-state index contributed by atoms with van der Waals surface area (Å²) in [6, 6.07) is 18.3. The smallest absolute Gasteiger partial charge is 0.296 e. The van der Waals surface area contributed by atoms with Crippen molar-refractivity contribution < 1.29 is 30.5 Å². The molecule has 41 heavy (non-hydrogen) atoms. The number of anilines is 2. The lowest BCUT2D eigenvalue weighted by Gasteiger charge is -2.18. The van der Waals surface area contributed by atoms with Crippen molar-refractivity contribution in [3.05, 3.63) is 113 Å². The Morgan fingerprint density at radius 2 is 1.44 bits per heavy atom. The monoisotopic (exact) mass is 594 g/mol. The fourth-order valence-corrected chi connectivity index (χ4v) is 5.65. The van der Waals surface area contributed by atoms with Gasteiger partial charge >= 0.3 is 0 Å². The lowest BCUT2D eigenvalue weighted by Crippen LogP contribution is -2.11. The Kier molecular flexibility index (Phi) is 8.64. The fourth-order valence-electron chi connectivity index (χ4n) is 4.40. The van der Waals surface area contributed by atoms with Crippen LogP contribution in [-0.4, -0.2) is 64.4 Å². The van der Waals surface area contributed by atoms with E-state index in [2.05, 4.69) is 5.32 Å². The molecule has 11 heteroatoms. The Labute approximate surface area is 241 Å². The van der Waals surface area contributed by atoms with Crippen LogP contribution in [0.1, 0.15) is 16.7 Å². The number of nitrogens with zero attached hydrogens (tertiary/aromatic N) is 2. The van der Waals surface area contributed by atoms with Gasteiger partial charge in [0.25, 0.3) is 20.2 Å². The normalized spacial score (nSPS) is 13.3. The van der Waals surface area contributed by atoms with Gasteiger partial charge in [-0.25, -0.2) is 4.58 Å². The van der Waals surface area contributed by atoms with Crippen LogP contribution in [0.15, 0.2) is 106 Å². The molecule has 0 radical (unpaired) electrons. The molecule has 0 aliphatic heterocycles. The van der Waals surface area contributed by atoms with Gasteiger partial charge in [-0.2, -0.15) is 16.8 Å². The maximum absolute atomic E-state index is 12.5. The van der Waals surface area contributed by atoms with Gasteiger partial charge in [0, 0.05) is 38.5 Å². The predicted molar refractivity (Wildman–Crippen MR) is 162 cm³/mol. The molecule has 0 saturated carbocycles. The van der Waals surface area contributed by atoms with Gasteiger partial charge in [0.15, 0.2) is 5.71 Å². The SMILES string of the molecule is CN(C)c1ccc(C(=C2C=CC(=[N+](C)C)C=C2)c2ccc(NCc3cccc(S(=O)(=O)O)c3)c(S(=O)(=O)O)c2)cc1. The molecule has 4 rings (SSSR count). The van der Waals surface area contributed by atoms with Gasteiger partial charge in [-0.1, -0.05) is 30.3 Å². The minimum absolute atomic E-state index is 0.0415. The Morgan fingerprint density at radius 1 is 0.805 bits per heavy atom. The summed E-state index contributed by atoms with van der Waals surface area (Å²) >= 11 is 0. The number of allylic oxidation sites excluding steroid dienone is 5. The van der Waals surface area contributed by atoms with Gasteiger partial charge in [-0.05, 0) is 76.4 Å². The molecule has 0 bridgehead atoms. The zero-order valence-electron chi connectivity index (χ0n) is 23.1. The van der Waals surface area contributed by atoms with E-state index < -0.39 is 20.2 Å². The van der Waals surface area contributed by atoms with Crippen molar-refractivity contribution in [3.8, 4) is 0 Å². The number of hydrogen-bond acceptors (Lipinski definition) is 6. The summed E-state index contributed by atoms with van der Waals surface area (Å²) in [5.41, 5.74) is 5.71. The van der Waals surface area contributed by atoms with Gasteiger partial charge < -0.3 is 10.2 Å². The molecule has 0 aromatic heterocycles. The molecule has 3 aromatic carbocycles. The maximum Gasteiger partial charge on any atom is 0.296 e. The van der Waals surface area contributed by atoms with Crippen LogP contribution in [0.4, 0.5) is 11.4 Å². The van der Waals surface area contributed by atoms with E-state index in [1.807, 2.05) is 86.2 Å². The summed E-state index contributed by atoms with van der Waals surface area (Å²) in [7, 11) is -1.26. The van der Waals surface area contributed by atoms with Crippen LogP contribution in [0.5, 0.6) is 0 Å². The first kappa shape index (κ1) is 29.9. The van der Waals surface area contributed by atoms with E-state index in [-0.39, 0.29) is 22.0 Å². The van der Waals surface area contributed by atoms with Gasteiger partial charge in [-0.3, -0.25) is 9.11 Å². The van der Waals surface area contributed by atoms with Crippen LogP contribution >= 0.6 is 0 Å². The van der Waals surface area contributed by atoms with E-state index in [0.29, 0.717) is 11.1 Å². The second-order valence-electron chi connectivity index (χ2n) is 9.92. The number of nitrogens with one attached hydrogen (secondary N) is 1. The standard InChI is InChI=1S/C30H31N3O6S2/c1-32(2)25-13-8-22(9-14-25)30(23-10-15-26(16-11-23)33(3)4)24-12-17-28(29(19-24)41(37,38)39)31-20-21-6-5-7-27(18-21)40(34,35)36/h5-19H,20H2,1-4H3,(H2,34,35,36,37,38,39)/p+1. The highest BCUT2D eigenvalue weighted by molar-refractivity contribution is 7.86. The van der Waals surface area contributed by atoms with Crippen molar-refractivity contribution in [2.24, 2.45) is 0 Å². The summed E-state index contributed by atoms with van der Waals surface area (Å²) in [4.78, 5) is 1.38. The topological polar surface area (TPSA) is 127 Å². The maximum atomic E-state index is 12.5. The van der Waals surface area contributed by atoms with Crippen molar-refractivity contribution in [2.75, 3.05) is 38.4 Å². The summed E-state index contributed by atoms with van der Waals surface area (Å²) in [5, 5.41) is 2.96.